The zero-order valence-electron chi connectivity index (χ0n) is 21.1. The van der Waals surface area contributed by atoms with Crippen LogP contribution < -0.4 is 21.3 Å². The molecular weight excluding hydrogens is 555 g/mol. The van der Waals surface area contributed by atoms with Crippen LogP contribution in [-0.2, 0) is 13.1 Å². The van der Waals surface area contributed by atoms with Gasteiger partial charge in [-0.3, -0.25) is 13.9 Å². The number of alkyl halides is 3. The quantitative estimate of drug-likeness (QED) is 0.354. The Bertz CT molecular complexity index is 1640. The van der Waals surface area contributed by atoms with Gasteiger partial charge in [0.05, 0.1) is 22.5 Å². The molecule has 1 fully saturated rings. The number of aromatic nitrogens is 4. The van der Waals surface area contributed by atoms with E-state index in [4.69, 9.17) is 16.3 Å². The normalized spacial score (nSPS) is 18.0. The highest BCUT2D eigenvalue weighted by atomic mass is 35.5. The summed E-state index contributed by atoms with van der Waals surface area (Å²) in [5.74, 6) is 0.657. The number of hydrogen-bond acceptors (Lipinski definition) is 7. The van der Waals surface area contributed by atoms with E-state index in [0.29, 0.717) is 54.3 Å². The van der Waals surface area contributed by atoms with Crippen molar-refractivity contribution in [1.29, 1.82) is 0 Å². The summed E-state index contributed by atoms with van der Waals surface area (Å²) in [5, 5.41) is 3.94. The fourth-order valence-electron chi connectivity index (χ4n) is 4.65. The summed E-state index contributed by atoms with van der Waals surface area (Å²) in [6.45, 7) is 3.07. The second-order valence-electron chi connectivity index (χ2n) is 9.64. The van der Waals surface area contributed by atoms with Gasteiger partial charge in [0.15, 0.2) is 0 Å². The number of hydrogen-bond donors (Lipinski definition) is 1. The maximum Gasteiger partial charge on any atom is 0.406 e. The van der Waals surface area contributed by atoms with E-state index in [2.05, 4.69) is 22.2 Å². The number of halogens is 4. The van der Waals surface area contributed by atoms with Gasteiger partial charge in [-0.05, 0) is 50.5 Å². The van der Waals surface area contributed by atoms with Crippen LogP contribution in [0.1, 0.15) is 30.2 Å². The number of nitrogens with one attached hydrogen (secondary N) is 1. The summed E-state index contributed by atoms with van der Waals surface area (Å²) in [7, 11) is 0. The maximum absolute atomic E-state index is 12.9. The minimum Gasteiger partial charge on any atom is -0.488 e. The Morgan fingerprint density at radius 2 is 2.00 bits per heavy atom. The lowest BCUT2D eigenvalue weighted by Gasteiger charge is -2.29. The van der Waals surface area contributed by atoms with Crippen LogP contribution in [0.15, 0.2) is 46.4 Å². The third-order valence-corrected chi connectivity index (χ3v) is 7.89. The van der Waals surface area contributed by atoms with E-state index in [1.807, 2.05) is 13.0 Å². The zero-order valence-corrected chi connectivity index (χ0v) is 22.7. The number of piperidine rings is 1. The lowest BCUT2D eigenvalue weighted by Crippen LogP contribution is -2.42. The highest BCUT2D eigenvalue weighted by Crippen LogP contribution is 2.41. The monoisotopic (exact) mass is 579 g/mol. The number of nitrogens with zero attached hydrogens (tertiary/aromatic N) is 4. The first-order valence-corrected chi connectivity index (χ1v) is 13.5. The topological polar surface area (TPSA) is 91.0 Å². The van der Waals surface area contributed by atoms with Gasteiger partial charge in [-0.1, -0.05) is 11.6 Å². The number of fused-ring (bicyclic) bond motifs is 1. The molecule has 1 aliphatic heterocycles. The van der Waals surface area contributed by atoms with E-state index in [-0.39, 0.29) is 12.6 Å². The van der Waals surface area contributed by atoms with Gasteiger partial charge in [0.1, 0.15) is 24.7 Å². The van der Waals surface area contributed by atoms with Gasteiger partial charge in [-0.2, -0.15) is 13.2 Å². The fourth-order valence-corrected chi connectivity index (χ4v) is 6.02. The van der Waals surface area contributed by atoms with Crippen LogP contribution in [0, 0.1) is 6.92 Å². The molecule has 5 rings (SSSR count). The number of benzene rings is 1. The molecule has 0 unspecified atom stereocenters. The van der Waals surface area contributed by atoms with Crippen molar-refractivity contribution in [1.82, 2.24) is 24.4 Å². The van der Waals surface area contributed by atoms with Crippen molar-refractivity contribution >= 4 is 33.2 Å². The average molecular weight is 580 g/mol. The molecule has 4 heterocycles. The summed E-state index contributed by atoms with van der Waals surface area (Å²) in [5.41, 5.74) is 0.934. The van der Waals surface area contributed by atoms with Gasteiger partial charge in [0, 0.05) is 40.3 Å². The molecule has 13 heteroatoms. The second-order valence-corrected chi connectivity index (χ2v) is 11.2. The van der Waals surface area contributed by atoms with Crippen LogP contribution in [0.5, 0.6) is 5.75 Å². The molecule has 2 atom stereocenters. The summed E-state index contributed by atoms with van der Waals surface area (Å²) < 4.78 is 47.1. The third-order valence-electron chi connectivity index (χ3n) is 6.56. The van der Waals surface area contributed by atoms with Gasteiger partial charge in [-0.15, -0.1) is 11.3 Å². The molecule has 1 saturated heterocycles. The molecule has 1 N–H and O–H groups in total. The van der Waals surface area contributed by atoms with E-state index in [0.717, 1.165) is 35.2 Å². The molecule has 0 aliphatic carbocycles. The van der Waals surface area contributed by atoms with E-state index < -0.39 is 24.0 Å². The lowest BCUT2D eigenvalue weighted by atomic mass is 10.0. The average Bonchev–Trinajstić information content (AvgIpc) is 3.28. The van der Waals surface area contributed by atoms with Crippen LogP contribution in [0.4, 0.5) is 13.2 Å². The van der Waals surface area contributed by atoms with Gasteiger partial charge < -0.3 is 10.1 Å². The van der Waals surface area contributed by atoms with Crippen molar-refractivity contribution in [2.45, 2.75) is 58.1 Å². The van der Waals surface area contributed by atoms with Crippen LogP contribution in [0.3, 0.4) is 0 Å². The van der Waals surface area contributed by atoms with E-state index in [9.17, 15) is 22.8 Å². The first-order valence-electron chi connectivity index (χ1n) is 12.3. The molecule has 3 aromatic heterocycles. The number of rotatable bonds is 6. The van der Waals surface area contributed by atoms with E-state index >= 15 is 0 Å². The van der Waals surface area contributed by atoms with Crippen molar-refractivity contribution in [2.75, 3.05) is 6.54 Å². The van der Waals surface area contributed by atoms with Crippen molar-refractivity contribution < 1.29 is 17.9 Å². The van der Waals surface area contributed by atoms with Crippen LogP contribution in [-0.4, -0.2) is 44.0 Å². The first-order chi connectivity index (χ1) is 18.5. The predicted molar refractivity (Wildman–Crippen MR) is 144 cm³/mol. The summed E-state index contributed by atoms with van der Waals surface area (Å²) in [6, 6.07) is 6.68. The fraction of sp³-hybridized carbons (Fsp3) is 0.385. The maximum atomic E-state index is 12.9. The predicted octanol–water partition coefficient (Wildman–Crippen LogP) is 4.77. The Morgan fingerprint density at radius 1 is 1.21 bits per heavy atom. The molecule has 1 aromatic carbocycles. The van der Waals surface area contributed by atoms with Gasteiger partial charge >= 0.3 is 11.9 Å². The third kappa shape index (κ3) is 6.02. The number of ether oxygens (including phenoxy) is 1. The van der Waals surface area contributed by atoms with Crippen LogP contribution in [0.25, 0.3) is 21.5 Å². The van der Waals surface area contributed by atoms with Gasteiger partial charge in [0.2, 0.25) is 0 Å². The van der Waals surface area contributed by atoms with Crippen molar-refractivity contribution in [3.05, 3.63) is 73.1 Å². The molecule has 0 radical (unpaired) electrons. The Hall–Kier alpha value is -3.22. The standard InChI is InChI=1S/C26H25ClF3N5O3S/c1-14-7-16(27)8-19(23(14)38-17-4-3-15(2)31-10-17)22-24-20(32-13-33-22)9-18(39-24)11-35-21(36)5-6-34(25(35)37)12-26(28,29)30/h5-9,13,15,17,31H,3-4,10-12H2,1-2H3/t15-,17-/m0/s1. The smallest absolute Gasteiger partial charge is 0.406 e. The molecule has 0 amide bonds. The minimum absolute atomic E-state index is 0.0279. The summed E-state index contributed by atoms with van der Waals surface area (Å²) in [6.07, 6.45) is -0.482. The molecule has 206 valence electrons. The van der Waals surface area contributed by atoms with E-state index in [1.165, 1.54) is 17.7 Å². The number of aryl methyl sites for hydroxylation is 1. The first kappa shape index (κ1) is 27.4. The molecule has 39 heavy (non-hydrogen) atoms. The zero-order chi connectivity index (χ0) is 27.9. The molecule has 8 nitrogen and oxygen atoms in total. The SMILES string of the molecule is Cc1cc(Cl)cc(-c2ncnc3cc(Cn4c(=O)ccn(CC(F)(F)F)c4=O)sc23)c1O[C@H]1CC[C@H](C)NC1. The Balaban J connectivity index is 1.53. The highest BCUT2D eigenvalue weighted by molar-refractivity contribution is 7.19. The summed E-state index contributed by atoms with van der Waals surface area (Å²) >= 11 is 7.68. The Kier molecular flexibility index (Phi) is 7.53. The second kappa shape index (κ2) is 10.7. The molecule has 0 saturated carbocycles. The largest absolute Gasteiger partial charge is 0.488 e. The minimum atomic E-state index is -4.60. The van der Waals surface area contributed by atoms with E-state index in [1.54, 1.807) is 12.1 Å². The van der Waals surface area contributed by atoms with Crippen molar-refractivity contribution in [3.63, 3.8) is 0 Å². The highest BCUT2D eigenvalue weighted by Gasteiger charge is 2.29. The molecular formula is C26H25ClF3N5O3S. The lowest BCUT2D eigenvalue weighted by molar-refractivity contribution is -0.141. The van der Waals surface area contributed by atoms with Gasteiger partial charge in [-0.25, -0.2) is 14.8 Å². The van der Waals surface area contributed by atoms with Crippen molar-refractivity contribution in [2.24, 2.45) is 0 Å². The van der Waals surface area contributed by atoms with Crippen LogP contribution >= 0.6 is 22.9 Å². The van der Waals surface area contributed by atoms with Crippen molar-refractivity contribution in [3.8, 4) is 17.0 Å². The molecule has 1 aliphatic rings. The molecule has 4 aromatic rings. The Labute approximate surface area is 230 Å². The number of thiophene rings is 1. The molecule has 0 spiro atoms. The molecule has 0 bridgehead atoms. The van der Waals surface area contributed by atoms with Crippen LogP contribution in [0.2, 0.25) is 5.02 Å². The Morgan fingerprint density at radius 3 is 2.72 bits per heavy atom. The van der Waals surface area contributed by atoms with Gasteiger partial charge in [0.25, 0.3) is 5.56 Å². The summed E-state index contributed by atoms with van der Waals surface area (Å²) in [4.78, 5) is 34.5.